The van der Waals surface area contributed by atoms with E-state index in [1.807, 2.05) is 0 Å². The highest BCUT2D eigenvalue weighted by Gasteiger charge is 2.36. The van der Waals surface area contributed by atoms with E-state index in [1.54, 1.807) is 13.0 Å². The predicted molar refractivity (Wildman–Crippen MR) is 66.2 cm³/mol. The normalized spacial score (nSPS) is 28.1. The molecule has 1 aromatic rings. The number of aryl methyl sites for hydroxylation is 1. The van der Waals surface area contributed by atoms with Gasteiger partial charge in [0, 0.05) is 6.07 Å². The van der Waals surface area contributed by atoms with Crippen LogP contribution in [0.5, 0.6) is 0 Å². The zero-order valence-corrected chi connectivity index (χ0v) is 10.9. The Morgan fingerprint density at radius 2 is 2.50 bits per heavy atom. The van der Waals surface area contributed by atoms with Gasteiger partial charge in [0.2, 0.25) is 5.76 Å². The minimum absolute atomic E-state index is 0.0315. The summed E-state index contributed by atoms with van der Waals surface area (Å²) in [5.74, 6) is 0.431. The number of hydrogen-bond donors (Lipinski definition) is 2. The van der Waals surface area contributed by atoms with Crippen molar-refractivity contribution in [2.75, 3.05) is 6.61 Å². The molecule has 1 saturated carbocycles. The summed E-state index contributed by atoms with van der Waals surface area (Å²) in [7, 11) is 0. The third-order valence-electron chi connectivity index (χ3n) is 3.62. The Labute approximate surface area is 107 Å². The van der Waals surface area contributed by atoms with E-state index in [0.29, 0.717) is 11.6 Å². The largest absolute Gasteiger partial charge is 0.394 e. The van der Waals surface area contributed by atoms with Gasteiger partial charge in [-0.3, -0.25) is 4.79 Å². The van der Waals surface area contributed by atoms with Gasteiger partial charge in [-0.15, -0.1) is 0 Å². The number of amides is 1. The van der Waals surface area contributed by atoms with Gasteiger partial charge >= 0.3 is 0 Å². The lowest BCUT2D eigenvalue weighted by Crippen LogP contribution is -2.53. The molecule has 0 aromatic carbocycles. The van der Waals surface area contributed by atoms with E-state index < -0.39 is 5.54 Å². The lowest BCUT2D eigenvalue weighted by Gasteiger charge is -2.39. The average Bonchev–Trinajstić information content (AvgIpc) is 2.76. The van der Waals surface area contributed by atoms with Crippen LogP contribution in [0.25, 0.3) is 0 Å². The first kappa shape index (κ1) is 13.1. The maximum Gasteiger partial charge on any atom is 0.290 e. The van der Waals surface area contributed by atoms with E-state index in [0.717, 1.165) is 25.7 Å². The van der Waals surface area contributed by atoms with Crippen LogP contribution in [0.3, 0.4) is 0 Å². The summed E-state index contributed by atoms with van der Waals surface area (Å²) in [5.41, 5.74) is 0.172. The van der Waals surface area contributed by atoms with Crippen LogP contribution in [0, 0.1) is 12.8 Å². The van der Waals surface area contributed by atoms with Gasteiger partial charge in [0.25, 0.3) is 5.91 Å². The van der Waals surface area contributed by atoms with Crippen molar-refractivity contribution in [2.45, 2.75) is 45.1 Å². The Morgan fingerprint density at radius 3 is 3.06 bits per heavy atom. The fourth-order valence-corrected chi connectivity index (χ4v) is 2.73. The second kappa shape index (κ2) is 5.10. The number of carbonyl (C=O) groups excluding carboxylic acids is 1. The highest BCUT2D eigenvalue weighted by Crippen LogP contribution is 2.32. The first-order valence-electron chi connectivity index (χ1n) is 6.41. The number of aliphatic hydroxyl groups is 1. The van der Waals surface area contributed by atoms with E-state index >= 15 is 0 Å². The lowest BCUT2D eigenvalue weighted by atomic mass is 9.77. The lowest BCUT2D eigenvalue weighted by molar-refractivity contribution is 0.0666. The SMILES string of the molecule is Cc1cc(C(=O)NC2(CO)CCCC(C)C2)on1. The minimum Gasteiger partial charge on any atom is -0.394 e. The number of aromatic nitrogens is 1. The summed E-state index contributed by atoms with van der Waals surface area (Å²) in [6.07, 6.45) is 3.80. The van der Waals surface area contributed by atoms with E-state index in [4.69, 9.17) is 4.52 Å². The Balaban J connectivity index is 2.08. The van der Waals surface area contributed by atoms with Crippen LogP contribution in [-0.2, 0) is 0 Å². The molecule has 18 heavy (non-hydrogen) atoms. The molecular formula is C13H20N2O3. The van der Waals surface area contributed by atoms with Crippen LogP contribution in [0.4, 0.5) is 0 Å². The smallest absolute Gasteiger partial charge is 0.290 e. The zero-order valence-electron chi connectivity index (χ0n) is 10.9. The third-order valence-corrected chi connectivity index (χ3v) is 3.62. The summed E-state index contributed by atoms with van der Waals surface area (Å²) >= 11 is 0. The maximum atomic E-state index is 12.0. The van der Waals surface area contributed by atoms with Crippen LogP contribution in [0.15, 0.2) is 10.6 Å². The van der Waals surface area contributed by atoms with Crippen molar-refractivity contribution in [3.05, 3.63) is 17.5 Å². The topological polar surface area (TPSA) is 75.4 Å². The third kappa shape index (κ3) is 2.72. The maximum absolute atomic E-state index is 12.0. The number of aliphatic hydroxyl groups excluding tert-OH is 1. The summed E-state index contributed by atoms with van der Waals surface area (Å²) in [6, 6.07) is 1.60. The van der Waals surface area contributed by atoms with E-state index in [-0.39, 0.29) is 18.3 Å². The Morgan fingerprint density at radius 1 is 1.72 bits per heavy atom. The highest BCUT2D eigenvalue weighted by molar-refractivity contribution is 5.92. The Bertz CT molecular complexity index is 430. The van der Waals surface area contributed by atoms with Crippen molar-refractivity contribution in [1.29, 1.82) is 0 Å². The molecule has 1 heterocycles. The molecule has 2 unspecified atom stereocenters. The molecule has 0 spiro atoms. The second-order valence-corrected chi connectivity index (χ2v) is 5.43. The molecule has 0 bridgehead atoms. The van der Waals surface area contributed by atoms with Crippen molar-refractivity contribution in [1.82, 2.24) is 10.5 Å². The Hall–Kier alpha value is -1.36. The molecule has 5 heteroatoms. The van der Waals surface area contributed by atoms with Crippen LogP contribution in [0.2, 0.25) is 0 Å². The van der Waals surface area contributed by atoms with Gasteiger partial charge in [-0.05, 0) is 25.7 Å². The molecule has 0 radical (unpaired) electrons. The van der Waals surface area contributed by atoms with E-state index in [2.05, 4.69) is 17.4 Å². The molecular weight excluding hydrogens is 232 g/mol. The fourth-order valence-electron chi connectivity index (χ4n) is 2.73. The van der Waals surface area contributed by atoms with Crippen molar-refractivity contribution < 1.29 is 14.4 Å². The van der Waals surface area contributed by atoms with Crippen molar-refractivity contribution >= 4 is 5.91 Å². The molecule has 1 aromatic heterocycles. The standard InChI is InChI=1S/C13H20N2O3/c1-9-4-3-5-13(7-9,8-16)14-12(17)11-6-10(2)15-18-11/h6,9,16H,3-5,7-8H2,1-2H3,(H,14,17). The minimum atomic E-state index is -0.505. The molecule has 5 nitrogen and oxygen atoms in total. The molecule has 1 aliphatic carbocycles. The zero-order chi connectivity index (χ0) is 13.2. The summed E-state index contributed by atoms with van der Waals surface area (Å²) < 4.78 is 4.94. The van der Waals surface area contributed by atoms with Crippen LogP contribution >= 0.6 is 0 Å². The molecule has 0 aliphatic heterocycles. The second-order valence-electron chi connectivity index (χ2n) is 5.43. The van der Waals surface area contributed by atoms with Gasteiger partial charge in [-0.25, -0.2) is 0 Å². The fraction of sp³-hybridized carbons (Fsp3) is 0.692. The highest BCUT2D eigenvalue weighted by atomic mass is 16.5. The predicted octanol–water partition coefficient (Wildman–Crippen LogP) is 1.65. The number of carbonyl (C=O) groups is 1. The molecule has 100 valence electrons. The molecule has 2 N–H and O–H groups in total. The monoisotopic (exact) mass is 252 g/mol. The summed E-state index contributed by atoms with van der Waals surface area (Å²) in [5, 5.41) is 16.2. The van der Waals surface area contributed by atoms with Crippen molar-refractivity contribution in [3.8, 4) is 0 Å². The van der Waals surface area contributed by atoms with Gasteiger partial charge in [-0.2, -0.15) is 0 Å². The van der Waals surface area contributed by atoms with Crippen LogP contribution in [-0.4, -0.2) is 28.3 Å². The van der Waals surface area contributed by atoms with Gasteiger partial charge in [0.1, 0.15) is 0 Å². The molecule has 2 atom stereocenters. The van der Waals surface area contributed by atoms with Crippen molar-refractivity contribution in [2.24, 2.45) is 5.92 Å². The number of rotatable bonds is 3. The molecule has 2 rings (SSSR count). The average molecular weight is 252 g/mol. The molecule has 1 aliphatic rings. The number of nitrogens with one attached hydrogen (secondary N) is 1. The van der Waals surface area contributed by atoms with Crippen molar-refractivity contribution in [3.63, 3.8) is 0 Å². The Kier molecular flexibility index (Phi) is 3.71. The van der Waals surface area contributed by atoms with Crippen LogP contribution < -0.4 is 5.32 Å². The van der Waals surface area contributed by atoms with E-state index in [1.165, 1.54) is 0 Å². The molecule has 1 fully saturated rings. The quantitative estimate of drug-likeness (QED) is 0.857. The summed E-state index contributed by atoms with van der Waals surface area (Å²) in [6.45, 7) is 3.88. The first-order valence-corrected chi connectivity index (χ1v) is 6.41. The molecule has 0 saturated heterocycles. The molecule has 1 amide bonds. The number of nitrogens with zero attached hydrogens (tertiary/aromatic N) is 1. The number of hydrogen-bond acceptors (Lipinski definition) is 4. The first-order chi connectivity index (χ1) is 8.54. The van der Waals surface area contributed by atoms with Gasteiger partial charge < -0.3 is 14.9 Å². The van der Waals surface area contributed by atoms with Gasteiger partial charge in [0.05, 0.1) is 17.8 Å². The van der Waals surface area contributed by atoms with E-state index in [9.17, 15) is 9.90 Å². The van der Waals surface area contributed by atoms with Gasteiger partial charge in [-0.1, -0.05) is 24.9 Å². The van der Waals surface area contributed by atoms with Gasteiger partial charge in [0.15, 0.2) is 0 Å². The van der Waals surface area contributed by atoms with Crippen LogP contribution in [0.1, 0.15) is 48.9 Å². The summed E-state index contributed by atoms with van der Waals surface area (Å²) in [4.78, 5) is 12.0.